The van der Waals surface area contributed by atoms with E-state index in [4.69, 9.17) is 22.1 Å². The van der Waals surface area contributed by atoms with Gasteiger partial charge >= 0.3 is 0 Å². The molecule has 2 nitrogen and oxygen atoms in total. The summed E-state index contributed by atoms with van der Waals surface area (Å²) in [4.78, 5) is 0. The SMILES string of the molecule is CCc1ccc(CC(N)C(C)Oc2cccc(Cl)c2)cc1. The van der Waals surface area contributed by atoms with E-state index in [1.54, 1.807) is 6.07 Å². The Bertz CT molecular complexity index is 568. The van der Waals surface area contributed by atoms with Crippen molar-refractivity contribution < 1.29 is 4.74 Å². The molecular weight excluding hydrogens is 282 g/mol. The quantitative estimate of drug-likeness (QED) is 0.866. The first-order valence-corrected chi connectivity index (χ1v) is 7.72. The van der Waals surface area contributed by atoms with E-state index in [0.29, 0.717) is 5.02 Å². The van der Waals surface area contributed by atoms with E-state index in [0.717, 1.165) is 18.6 Å². The van der Waals surface area contributed by atoms with Crippen LogP contribution in [0.1, 0.15) is 25.0 Å². The summed E-state index contributed by atoms with van der Waals surface area (Å²) in [5.41, 5.74) is 8.83. The van der Waals surface area contributed by atoms with Crippen molar-refractivity contribution in [3.8, 4) is 5.75 Å². The molecule has 0 fully saturated rings. The normalized spacial score (nSPS) is 13.7. The molecule has 0 saturated carbocycles. The van der Waals surface area contributed by atoms with Crippen molar-refractivity contribution in [3.63, 3.8) is 0 Å². The van der Waals surface area contributed by atoms with Crippen LogP contribution in [-0.4, -0.2) is 12.1 Å². The van der Waals surface area contributed by atoms with Crippen molar-refractivity contribution in [2.24, 2.45) is 5.73 Å². The van der Waals surface area contributed by atoms with Gasteiger partial charge in [-0.1, -0.05) is 48.9 Å². The van der Waals surface area contributed by atoms with Crippen LogP contribution in [0.15, 0.2) is 48.5 Å². The molecule has 2 unspecified atom stereocenters. The average molecular weight is 304 g/mol. The van der Waals surface area contributed by atoms with Gasteiger partial charge in [-0.3, -0.25) is 0 Å². The number of aryl methyl sites for hydroxylation is 1. The molecule has 0 aliphatic rings. The molecule has 0 radical (unpaired) electrons. The molecule has 2 N–H and O–H groups in total. The standard InChI is InChI=1S/C18H22ClNO/c1-3-14-7-9-15(10-8-14)11-18(20)13(2)21-17-6-4-5-16(19)12-17/h4-10,12-13,18H,3,11,20H2,1-2H3. The van der Waals surface area contributed by atoms with Gasteiger partial charge in [-0.05, 0) is 49.1 Å². The molecule has 2 rings (SSSR count). The van der Waals surface area contributed by atoms with Crippen molar-refractivity contribution >= 4 is 11.6 Å². The predicted molar refractivity (Wildman–Crippen MR) is 89.0 cm³/mol. The molecule has 0 amide bonds. The third-order valence-electron chi connectivity index (χ3n) is 3.62. The lowest BCUT2D eigenvalue weighted by Gasteiger charge is -2.21. The van der Waals surface area contributed by atoms with Crippen LogP contribution in [0.25, 0.3) is 0 Å². The molecule has 0 aliphatic heterocycles. The second-order valence-corrected chi connectivity index (χ2v) is 5.75. The van der Waals surface area contributed by atoms with Gasteiger partial charge in [0.05, 0.1) is 0 Å². The average Bonchev–Trinajstić information content (AvgIpc) is 2.48. The Morgan fingerprint density at radius 1 is 1.10 bits per heavy atom. The molecule has 0 saturated heterocycles. The monoisotopic (exact) mass is 303 g/mol. The molecule has 0 heterocycles. The van der Waals surface area contributed by atoms with Crippen LogP contribution >= 0.6 is 11.6 Å². The van der Waals surface area contributed by atoms with Crippen LogP contribution < -0.4 is 10.5 Å². The highest BCUT2D eigenvalue weighted by Crippen LogP contribution is 2.19. The first-order chi connectivity index (χ1) is 10.1. The van der Waals surface area contributed by atoms with Gasteiger partial charge in [-0.15, -0.1) is 0 Å². The van der Waals surface area contributed by atoms with Crippen molar-refractivity contribution in [1.82, 2.24) is 0 Å². The minimum Gasteiger partial charge on any atom is -0.489 e. The Kier molecular flexibility index (Phi) is 5.66. The van der Waals surface area contributed by atoms with Gasteiger partial charge in [0.1, 0.15) is 11.9 Å². The first kappa shape index (κ1) is 15.9. The van der Waals surface area contributed by atoms with Gasteiger partial charge in [-0.2, -0.15) is 0 Å². The lowest BCUT2D eigenvalue weighted by molar-refractivity contribution is 0.189. The third kappa shape index (κ3) is 4.76. The van der Waals surface area contributed by atoms with Gasteiger partial charge < -0.3 is 10.5 Å². The van der Waals surface area contributed by atoms with E-state index in [9.17, 15) is 0 Å². The highest BCUT2D eigenvalue weighted by Gasteiger charge is 2.15. The molecule has 0 aliphatic carbocycles. The van der Waals surface area contributed by atoms with Crippen molar-refractivity contribution in [2.45, 2.75) is 38.8 Å². The first-order valence-electron chi connectivity index (χ1n) is 7.34. The Labute approximate surface area is 131 Å². The summed E-state index contributed by atoms with van der Waals surface area (Å²) in [5.74, 6) is 0.756. The number of ether oxygens (including phenoxy) is 1. The highest BCUT2D eigenvalue weighted by molar-refractivity contribution is 6.30. The van der Waals surface area contributed by atoms with E-state index in [2.05, 4.69) is 31.2 Å². The van der Waals surface area contributed by atoms with Crippen LogP contribution in [0.5, 0.6) is 5.75 Å². The summed E-state index contributed by atoms with van der Waals surface area (Å²) in [5, 5.41) is 0.670. The molecule has 3 heteroatoms. The van der Waals surface area contributed by atoms with Crippen LogP contribution in [-0.2, 0) is 12.8 Å². The zero-order valence-corrected chi connectivity index (χ0v) is 13.3. The molecule has 0 aromatic heterocycles. The van der Waals surface area contributed by atoms with E-state index < -0.39 is 0 Å². The molecule has 2 aromatic carbocycles. The Morgan fingerprint density at radius 2 is 1.76 bits per heavy atom. The fraction of sp³-hybridized carbons (Fsp3) is 0.333. The fourth-order valence-electron chi connectivity index (χ4n) is 2.19. The highest BCUT2D eigenvalue weighted by atomic mass is 35.5. The molecule has 2 atom stereocenters. The predicted octanol–water partition coefficient (Wildman–Crippen LogP) is 4.24. The van der Waals surface area contributed by atoms with Crippen LogP contribution in [0, 0.1) is 0 Å². The summed E-state index contributed by atoms with van der Waals surface area (Å²) < 4.78 is 5.86. The maximum Gasteiger partial charge on any atom is 0.121 e. The van der Waals surface area contributed by atoms with Gasteiger partial charge in [0.15, 0.2) is 0 Å². The topological polar surface area (TPSA) is 35.2 Å². The molecular formula is C18H22ClNO. The second-order valence-electron chi connectivity index (χ2n) is 5.32. The maximum absolute atomic E-state index is 6.25. The Hall–Kier alpha value is -1.51. The number of halogens is 1. The number of hydrogen-bond acceptors (Lipinski definition) is 2. The van der Waals surface area contributed by atoms with Crippen molar-refractivity contribution in [3.05, 3.63) is 64.7 Å². The molecule has 112 valence electrons. The number of rotatable bonds is 6. The van der Waals surface area contributed by atoms with Crippen LogP contribution in [0.2, 0.25) is 5.02 Å². The van der Waals surface area contributed by atoms with Crippen molar-refractivity contribution in [2.75, 3.05) is 0 Å². The van der Waals surface area contributed by atoms with Crippen molar-refractivity contribution in [1.29, 1.82) is 0 Å². The lowest BCUT2D eigenvalue weighted by Crippen LogP contribution is -2.38. The van der Waals surface area contributed by atoms with Crippen LogP contribution in [0.4, 0.5) is 0 Å². The Morgan fingerprint density at radius 3 is 2.38 bits per heavy atom. The van der Waals surface area contributed by atoms with E-state index >= 15 is 0 Å². The number of nitrogens with two attached hydrogens (primary N) is 1. The summed E-state index contributed by atoms with van der Waals surface area (Å²) in [6.07, 6.45) is 1.78. The van der Waals surface area contributed by atoms with Gasteiger partial charge in [-0.25, -0.2) is 0 Å². The van der Waals surface area contributed by atoms with Crippen LogP contribution in [0.3, 0.4) is 0 Å². The van der Waals surface area contributed by atoms with Gasteiger partial charge in [0.2, 0.25) is 0 Å². The number of benzene rings is 2. The summed E-state index contributed by atoms with van der Waals surface area (Å²) in [7, 11) is 0. The largest absolute Gasteiger partial charge is 0.489 e. The van der Waals surface area contributed by atoms with E-state index in [-0.39, 0.29) is 12.1 Å². The number of hydrogen-bond donors (Lipinski definition) is 1. The summed E-state index contributed by atoms with van der Waals surface area (Å²) in [6.45, 7) is 4.15. The Balaban J connectivity index is 1.93. The van der Waals surface area contributed by atoms with Gasteiger partial charge in [0, 0.05) is 11.1 Å². The maximum atomic E-state index is 6.25. The lowest BCUT2D eigenvalue weighted by atomic mass is 10.0. The summed E-state index contributed by atoms with van der Waals surface area (Å²) >= 11 is 5.95. The summed E-state index contributed by atoms with van der Waals surface area (Å²) in [6, 6.07) is 15.9. The third-order valence-corrected chi connectivity index (χ3v) is 3.86. The minimum atomic E-state index is -0.0747. The molecule has 0 bridgehead atoms. The zero-order chi connectivity index (χ0) is 15.2. The van der Waals surface area contributed by atoms with Gasteiger partial charge in [0.25, 0.3) is 0 Å². The molecule has 0 spiro atoms. The molecule has 21 heavy (non-hydrogen) atoms. The zero-order valence-electron chi connectivity index (χ0n) is 12.6. The second kappa shape index (κ2) is 7.48. The minimum absolute atomic E-state index is 0.0588. The smallest absolute Gasteiger partial charge is 0.121 e. The van der Waals surface area contributed by atoms with E-state index in [1.165, 1.54) is 11.1 Å². The molecule has 2 aromatic rings. The van der Waals surface area contributed by atoms with E-state index in [1.807, 2.05) is 25.1 Å². The fourth-order valence-corrected chi connectivity index (χ4v) is 2.37.